The largest absolute Gasteiger partial charge is 0.456 e. The van der Waals surface area contributed by atoms with Crippen molar-refractivity contribution in [3.63, 3.8) is 0 Å². The van der Waals surface area contributed by atoms with Crippen LogP contribution in [0.2, 0.25) is 0 Å². The maximum atomic E-state index is 6.72. The minimum Gasteiger partial charge on any atom is -0.456 e. The lowest BCUT2D eigenvalue weighted by Gasteiger charge is -2.15. The van der Waals surface area contributed by atoms with Crippen LogP contribution in [0.5, 0.6) is 11.5 Å². The highest BCUT2D eigenvalue weighted by atomic mass is 16.5. The van der Waals surface area contributed by atoms with E-state index in [2.05, 4.69) is 102 Å². The van der Waals surface area contributed by atoms with E-state index < -0.39 is 0 Å². The Labute approximate surface area is 288 Å². The van der Waals surface area contributed by atoms with Gasteiger partial charge in [0.25, 0.3) is 0 Å². The van der Waals surface area contributed by atoms with Crippen LogP contribution in [0.15, 0.2) is 170 Å². The Morgan fingerprint density at radius 1 is 0.380 bits per heavy atom. The van der Waals surface area contributed by atoms with Crippen molar-refractivity contribution in [3.8, 4) is 73.6 Å². The average molecular weight is 641 g/mol. The second-order valence-electron chi connectivity index (χ2n) is 12.4. The molecule has 1 aliphatic rings. The maximum Gasteiger partial charge on any atom is 0.164 e. The van der Waals surface area contributed by atoms with E-state index in [0.29, 0.717) is 17.5 Å². The molecule has 0 fully saturated rings. The van der Waals surface area contributed by atoms with Gasteiger partial charge in [-0.1, -0.05) is 121 Å². The van der Waals surface area contributed by atoms with Crippen LogP contribution in [-0.2, 0) is 0 Å². The topological polar surface area (TPSA) is 52.8 Å². The molecule has 0 amide bonds. The van der Waals surface area contributed by atoms with E-state index in [9.17, 15) is 0 Å². The molecular weight excluding hydrogens is 613 g/mol. The summed E-state index contributed by atoms with van der Waals surface area (Å²) in [5.74, 6) is 3.60. The minimum absolute atomic E-state index is 0.625. The molecule has 10 rings (SSSR count). The molecule has 50 heavy (non-hydrogen) atoms. The van der Waals surface area contributed by atoms with Crippen molar-refractivity contribution < 1.29 is 4.74 Å². The number of hydrogen-bond donors (Lipinski definition) is 0. The lowest BCUT2D eigenvalue weighted by Crippen LogP contribution is -2.01. The van der Waals surface area contributed by atoms with Crippen molar-refractivity contribution in [2.75, 3.05) is 0 Å². The highest BCUT2D eigenvalue weighted by molar-refractivity contribution is 6.16. The number of hydrogen-bond acceptors (Lipinski definition) is 4. The zero-order valence-corrected chi connectivity index (χ0v) is 26.9. The van der Waals surface area contributed by atoms with Gasteiger partial charge in [-0.3, -0.25) is 0 Å². The summed E-state index contributed by atoms with van der Waals surface area (Å²) in [6.45, 7) is 0. The summed E-state index contributed by atoms with van der Waals surface area (Å²) in [6, 6.07) is 58.5. The Morgan fingerprint density at radius 2 is 0.920 bits per heavy atom. The highest BCUT2D eigenvalue weighted by Gasteiger charge is 2.26. The summed E-state index contributed by atoms with van der Waals surface area (Å²) >= 11 is 0. The van der Waals surface area contributed by atoms with Gasteiger partial charge in [0.1, 0.15) is 11.5 Å². The van der Waals surface area contributed by atoms with Crippen molar-refractivity contribution in [3.05, 3.63) is 170 Å². The molecule has 0 unspecified atom stereocenters. The molecule has 1 aliphatic heterocycles. The summed E-state index contributed by atoms with van der Waals surface area (Å²) in [4.78, 5) is 14.8. The molecular formula is C45H28N4O. The van der Waals surface area contributed by atoms with Crippen LogP contribution in [-0.4, -0.2) is 19.5 Å². The molecule has 0 aliphatic carbocycles. The van der Waals surface area contributed by atoms with Gasteiger partial charge in [-0.15, -0.1) is 0 Å². The number of rotatable bonds is 4. The van der Waals surface area contributed by atoms with Crippen LogP contribution < -0.4 is 4.74 Å². The van der Waals surface area contributed by atoms with Crippen LogP contribution in [0.4, 0.5) is 0 Å². The number of nitrogens with zero attached hydrogens (tertiary/aromatic N) is 4. The van der Waals surface area contributed by atoms with Gasteiger partial charge in [0.15, 0.2) is 17.5 Å². The first-order valence-electron chi connectivity index (χ1n) is 16.7. The van der Waals surface area contributed by atoms with Crippen LogP contribution in [0.25, 0.3) is 83.9 Å². The van der Waals surface area contributed by atoms with Crippen molar-refractivity contribution >= 4 is 21.8 Å². The third-order valence-corrected chi connectivity index (χ3v) is 9.48. The van der Waals surface area contributed by atoms with Crippen LogP contribution in [0.3, 0.4) is 0 Å². The van der Waals surface area contributed by atoms with Crippen LogP contribution in [0, 0.1) is 0 Å². The van der Waals surface area contributed by atoms with E-state index in [-0.39, 0.29) is 0 Å². The Balaban J connectivity index is 1.18. The zero-order chi connectivity index (χ0) is 33.0. The van der Waals surface area contributed by atoms with Gasteiger partial charge in [0.2, 0.25) is 0 Å². The summed E-state index contributed by atoms with van der Waals surface area (Å²) in [5.41, 5.74) is 10.5. The molecule has 9 aromatic rings. The average Bonchev–Trinajstić information content (AvgIpc) is 3.45. The molecule has 0 saturated carbocycles. The first-order chi connectivity index (χ1) is 24.8. The number of fused-ring (bicyclic) bond motifs is 9. The summed E-state index contributed by atoms with van der Waals surface area (Å²) in [5, 5.41) is 2.36. The molecule has 5 nitrogen and oxygen atoms in total. The van der Waals surface area contributed by atoms with E-state index in [1.807, 2.05) is 72.8 Å². The van der Waals surface area contributed by atoms with Gasteiger partial charge in [-0.05, 0) is 59.7 Å². The predicted molar refractivity (Wildman–Crippen MR) is 201 cm³/mol. The monoisotopic (exact) mass is 640 g/mol. The molecule has 0 bridgehead atoms. The molecule has 234 valence electrons. The summed E-state index contributed by atoms with van der Waals surface area (Å²) in [6.07, 6.45) is 0. The minimum atomic E-state index is 0.625. The third-order valence-electron chi connectivity index (χ3n) is 9.48. The first-order valence-corrected chi connectivity index (χ1v) is 16.7. The summed E-state index contributed by atoms with van der Waals surface area (Å²) in [7, 11) is 0. The van der Waals surface area contributed by atoms with Gasteiger partial charge >= 0.3 is 0 Å². The molecule has 5 heteroatoms. The maximum absolute atomic E-state index is 6.72. The molecule has 2 aromatic heterocycles. The lowest BCUT2D eigenvalue weighted by atomic mass is 9.93. The third kappa shape index (κ3) is 4.52. The SMILES string of the molecule is c1ccc(-c2nc(-c3ccccc3)nc(-c3ccc(-n4c5ccccc5c5ccc6c(c54)-c4ccccc4-c4ccccc4O6)cc3)n2)cc1. The lowest BCUT2D eigenvalue weighted by molar-refractivity contribution is 0.488. The van der Waals surface area contributed by atoms with Gasteiger partial charge in [0, 0.05) is 44.3 Å². The van der Waals surface area contributed by atoms with E-state index in [1.165, 1.54) is 10.8 Å². The molecule has 0 atom stereocenters. The Bertz CT molecular complexity index is 2660. The van der Waals surface area contributed by atoms with Gasteiger partial charge < -0.3 is 9.30 Å². The molecule has 0 N–H and O–H groups in total. The fourth-order valence-electron chi connectivity index (χ4n) is 7.18. The van der Waals surface area contributed by atoms with E-state index >= 15 is 0 Å². The molecule has 0 saturated heterocycles. The number of para-hydroxylation sites is 2. The molecule has 0 radical (unpaired) electrons. The smallest absolute Gasteiger partial charge is 0.164 e. The second kappa shape index (κ2) is 11.4. The van der Waals surface area contributed by atoms with Crippen molar-refractivity contribution in [1.82, 2.24) is 19.5 Å². The zero-order valence-electron chi connectivity index (χ0n) is 26.9. The molecule has 7 aromatic carbocycles. The number of aromatic nitrogens is 4. The van der Waals surface area contributed by atoms with Crippen LogP contribution in [0.1, 0.15) is 0 Å². The summed E-state index contributed by atoms with van der Waals surface area (Å²) < 4.78 is 9.08. The van der Waals surface area contributed by atoms with E-state index in [0.717, 1.165) is 67.2 Å². The van der Waals surface area contributed by atoms with Crippen molar-refractivity contribution in [2.24, 2.45) is 0 Å². The predicted octanol–water partition coefficient (Wildman–Crippen LogP) is 11.4. The van der Waals surface area contributed by atoms with Crippen LogP contribution >= 0.6 is 0 Å². The Hall–Kier alpha value is -6.85. The van der Waals surface area contributed by atoms with E-state index in [1.54, 1.807) is 0 Å². The van der Waals surface area contributed by atoms with Gasteiger partial charge in [0.05, 0.1) is 11.0 Å². The Kier molecular flexibility index (Phi) is 6.42. The first kappa shape index (κ1) is 28.2. The van der Waals surface area contributed by atoms with Gasteiger partial charge in [-0.25, -0.2) is 15.0 Å². The standard InChI is InChI=1S/C45H28N4O/c1-3-13-29(14-4-1)43-46-44(30-15-5-2-6-16-30)48-45(47-43)31-23-25-32(26-24-31)49-38-21-11-9-18-34(38)37-27-28-40-41(42(37)49)36-20-8-7-17-33(36)35-19-10-12-22-39(35)50-40/h1-28H. The Morgan fingerprint density at radius 3 is 1.60 bits per heavy atom. The molecule has 0 spiro atoms. The fourth-order valence-corrected chi connectivity index (χ4v) is 7.18. The van der Waals surface area contributed by atoms with Crippen molar-refractivity contribution in [1.29, 1.82) is 0 Å². The van der Waals surface area contributed by atoms with Crippen molar-refractivity contribution in [2.45, 2.75) is 0 Å². The van der Waals surface area contributed by atoms with E-state index in [4.69, 9.17) is 19.7 Å². The number of ether oxygens (including phenoxy) is 1. The normalized spacial score (nSPS) is 11.8. The fraction of sp³-hybridized carbons (Fsp3) is 0. The van der Waals surface area contributed by atoms with Gasteiger partial charge in [-0.2, -0.15) is 0 Å². The number of benzene rings is 7. The molecule has 3 heterocycles. The quantitative estimate of drug-likeness (QED) is 0.192. The highest BCUT2D eigenvalue weighted by Crippen LogP contribution is 2.51. The second-order valence-corrected chi connectivity index (χ2v) is 12.4.